The Morgan fingerprint density at radius 1 is 1.08 bits per heavy atom. The van der Waals surface area contributed by atoms with Crippen molar-refractivity contribution < 1.29 is 9.59 Å². The average molecular weight is 345 g/mol. The third-order valence-corrected chi connectivity index (χ3v) is 3.68. The molecule has 3 aromatic rings. The molecule has 3 N–H and O–H groups in total. The summed E-state index contributed by atoms with van der Waals surface area (Å²) in [7, 11) is 0. The van der Waals surface area contributed by atoms with Crippen molar-refractivity contribution in [1.82, 2.24) is 15.5 Å². The smallest absolute Gasteiger partial charge is 0.252 e. The Morgan fingerprint density at radius 3 is 2.58 bits per heavy atom. The number of anilines is 1. The van der Waals surface area contributed by atoms with Gasteiger partial charge in [0.15, 0.2) is 0 Å². The number of nitrogens with one attached hydrogen (secondary N) is 3. The molecule has 7 nitrogen and oxygen atoms in total. The summed E-state index contributed by atoms with van der Waals surface area (Å²) in [5.41, 5.74) is 1.31. The highest BCUT2D eigenvalue weighted by molar-refractivity contribution is 6.01. The molecule has 0 aliphatic rings. The zero-order valence-electron chi connectivity index (χ0n) is 13.6. The Labute approximate surface area is 149 Å². The fourth-order valence-electron chi connectivity index (χ4n) is 2.42. The molecule has 0 radical (unpaired) electrons. The zero-order chi connectivity index (χ0) is 18.4. The van der Waals surface area contributed by atoms with Crippen LogP contribution in [0.3, 0.4) is 0 Å². The van der Waals surface area contributed by atoms with Crippen molar-refractivity contribution >= 4 is 17.6 Å². The van der Waals surface area contributed by atoms with E-state index in [2.05, 4.69) is 20.8 Å². The number of nitriles is 1. The van der Waals surface area contributed by atoms with Gasteiger partial charge in [-0.1, -0.05) is 36.4 Å². The summed E-state index contributed by atoms with van der Waals surface area (Å²) in [4.78, 5) is 25.3. The van der Waals surface area contributed by atoms with Gasteiger partial charge in [0.05, 0.1) is 17.8 Å². The van der Waals surface area contributed by atoms with Gasteiger partial charge in [0.25, 0.3) is 11.8 Å². The molecule has 7 heteroatoms. The van der Waals surface area contributed by atoms with E-state index in [0.717, 1.165) is 0 Å². The van der Waals surface area contributed by atoms with Crippen LogP contribution in [-0.4, -0.2) is 22.0 Å². The topological polar surface area (TPSA) is 111 Å². The fourth-order valence-corrected chi connectivity index (χ4v) is 2.42. The van der Waals surface area contributed by atoms with Crippen molar-refractivity contribution in [1.29, 1.82) is 5.26 Å². The quantitative estimate of drug-likeness (QED) is 0.659. The number of carbonyl (C=O) groups excluding carboxylic acids is 2. The van der Waals surface area contributed by atoms with E-state index in [4.69, 9.17) is 5.26 Å². The summed E-state index contributed by atoms with van der Waals surface area (Å²) in [5, 5.41) is 20.8. The molecular formula is C19H15N5O2. The summed E-state index contributed by atoms with van der Waals surface area (Å²) in [5.74, 6) is -0.433. The Kier molecular flexibility index (Phi) is 5.05. The van der Waals surface area contributed by atoms with Gasteiger partial charge >= 0.3 is 0 Å². The van der Waals surface area contributed by atoms with Gasteiger partial charge in [0.2, 0.25) is 0 Å². The summed E-state index contributed by atoms with van der Waals surface area (Å²) in [6.07, 6.45) is 1.51. The van der Waals surface area contributed by atoms with Crippen molar-refractivity contribution in [2.75, 3.05) is 5.32 Å². The van der Waals surface area contributed by atoms with Crippen molar-refractivity contribution in [3.63, 3.8) is 0 Å². The van der Waals surface area contributed by atoms with Crippen molar-refractivity contribution in [2.45, 2.75) is 6.04 Å². The first kappa shape index (κ1) is 16.9. The van der Waals surface area contributed by atoms with Gasteiger partial charge in [-0.15, -0.1) is 0 Å². The molecule has 1 atom stereocenters. The molecule has 1 aromatic heterocycles. The number of nitrogens with zero attached hydrogens (tertiary/aromatic N) is 2. The Bertz CT molecular complexity index is 946. The van der Waals surface area contributed by atoms with E-state index in [0.29, 0.717) is 22.5 Å². The van der Waals surface area contributed by atoms with Gasteiger partial charge in [0, 0.05) is 11.6 Å². The lowest BCUT2D eigenvalue weighted by molar-refractivity contribution is -0.118. The molecule has 128 valence electrons. The number of H-pyrrole nitrogens is 1. The maximum atomic E-state index is 12.7. The van der Waals surface area contributed by atoms with Crippen molar-refractivity contribution in [3.05, 3.63) is 83.6 Å². The lowest BCUT2D eigenvalue weighted by atomic mass is 10.0. The van der Waals surface area contributed by atoms with E-state index < -0.39 is 17.9 Å². The Hall–Kier alpha value is -3.92. The second-order valence-corrected chi connectivity index (χ2v) is 5.47. The molecule has 2 aromatic carbocycles. The molecule has 1 heterocycles. The third kappa shape index (κ3) is 3.94. The SMILES string of the molecule is N#Cc1cccc(C(=O)N[C@@H](C(=O)Nc2ccn[nH]2)c2ccccc2)c1. The van der Waals surface area contributed by atoms with E-state index in [9.17, 15) is 9.59 Å². The Balaban J connectivity index is 1.84. The molecule has 0 aliphatic heterocycles. The predicted molar refractivity (Wildman–Crippen MR) is 95.0 cm³/mol. The van der Waals surface area contributed by atoms with Gasteiger partial charge in [0.1, 0.15) is 11.9 Å². The monoisotopic (exact) mass is 345 g/mol. The molecule has 0 unspecified atom stereocenters. The van der Waals surface area contributed by atoms with Crippen LogP contribution < -0.4 is 10.6 Å². The first-order valence-corrected chi connectivity index (χ1v) is 7.83. The zero-order valence-corrected chi connectivity index (χ0v) is 13.6. The highest BCUT2D eigenvalue weighted by atomic mass is 16.2. The van der Waals surface area contributed by atoms with E-state index in [-0.39, 0.29) is 0 Å². The molecule has 0 bridgehead atoms. The van der Waals surface area contributed by atoms with E-state index in [1.807, 2.05) is 12.1 Å². The number of aromatic nitrogens is 2. The molecule has 0 spiro atoms. The van der Waals surface area contributed by atoms with Crippen LogP contribution in [0.15, 0.2) is 66.9 Å². The second-order valence-electron chi connectivity index (χ2n) is 5.47. The molecule has 26 heavy (non-hydrogen) atoms. The van der Waals surface area contributed by atoms with E-state index in [1.165, 1.54) is 12.3 Å². The number of amides is 2. The highest BCUT2D eigenvalue weighted by Gasteiger charge is 2.23. The summed E-state index contributed by atoms with van der Waals surface area (Å²) >= 11 is 0. The molecule has 2 amide bonds. The number of hydrogen-bond donors (Lipinski definition) is 3. The first-order valence-electron chi connectivity index (χ1n) is 7.83. The average Bonchev–Trinajstić information content (AvgIpc) is 3.19. The molecule has 0 saturated heterocycles. The van der Waals surface area contributed by atoms with Crippen LogP contribution in [0.4, 0.5) is 5.82 Å². The van der Waals surface area contributed by atoms with Crippen LogP contribution >= 0.6 is 0 Å². The fraction of sp³-hybridized carbons (Fsp3) is 0.0526. The molecule has 0 fully saturated rings. The highest BCUT2D eigenvalue weighted by Crippen LogP contribution is 2.16. The lowest BCUT2D eigenvalue weighted by Crippen LogP contribution is -2.37. The Morgan fingerprint density at radius 2 is 1.88 bits per heavy atom. The van der Waals surface area contributed by atoms with Gasteiger partial charge in [-0.05, 0) is 23.8 Å². The van der Waals surface area contributed by atoms with Crippen LogP contribution in [0.5, 0.6) is 0 Å². The minimum absolute atomic E-state index is 0.305. The second kappa shape index (κ2) is 7.77. The number of hydrogen-bond acceptors (Lipinski definition) is 4. The van der Waals surface area contributed by atoms with Crippen LogP contribution in [-0.2, 0) is 4.79 Å². The van der Waals surface area contributed by atoms with Crippen molar-refractivity contribution in [3.8, 4) is 6.07 Å². The first-order chi connectivity index (χ1) is 12.7. The third-order valence-electron chi connectivity index (χ3n) is 3.68. The summed E-state index contributed by atoms with van der Waals surface area (Å²) in [6, 6.07) is 17.9. The molecule has 0 saturated carbocycles. The largest absolute Gasteiger partial charge is 0.336 e. The maximum Gasteiger partial charge on any atom is 0.252 e. The van der Waals surface area contributed by atoms with Crippen molar-refractivity contribution in [2.24, 2.45) is 0 Å². The van der Waals surface area contributed by atoms with Crippen LogP contribution in [0.1, 0.15) is 27.5 Å². The minimum Gasteiger partial charge on any atom is -0.336 e. The number of carbonyl (C=O) groups is 2. The predicted octanol–water partition coefficient (Wildman–Crippen LogP) is 2.39. The van der Waals surface area contributed by atoms with Gasteiger partial charge in [-0.3, -0.25) is 14.7 Å². The normalized spacial score (nSPS) is 11.2. The van der Waals surface area contributed by atoms with Gasteiger partial charge in [-0.25, -0.2) is 0 Å². The van der Waals surface area contributed by atoms with Gasteiger partial charge in [-0.2, -0.15) is 10.4 Å². The summed E-state index contributed by atoms with van der Waals surface area (Å²) in [6.45, 7) is 0. The summed E-state index contributed by atoms with van der Waals surface area (Å²) < 4.78 is 0. The lowest BCUT2D eigenvalue weighted by Gasteiger charge is -2.18. The van der Waals surface area contributed by atoms with Crippen LogP contribution in [0.25, 0.3) is 0 Å². The molecular weight excluding hydrogens is 330 g/mol. The molecule has 0 aliphatic carbocycles. The molecule has 3 rings (SSSR count). The van der Waals surface area contributed by atoms with E-state index in [1.54, 1.807) is 48.5 Å². The standard InChI is InChI=1S/C19H15N5O2/c20-12-13-5-4-8-15(11-13)18(25)23-17(14-6-2-1-3-7-14)19(26)22-16-9-10-21-24-16/h1-11,17H,(H,23,25)(H2,21,22,24,26)/t17-/m1/s1. The number of rotatable bonds is 5. The van der Waals surface area contributed by atoms with Gasteiger partial charge < -0.3 is 10.6 Å². The number of benzene rings is 2. The van der Waals surface area contributed by atoms with E-state index >= 15 is 0 Å². The van der Waals surface area contributed by atoms with Crippen LogP contribution in [0.2, 0.25) is 0 Å². The minimum atomic E-state index is -0.905. The van der Waals surface area contributed by atoms with Crippen LogP contribution in [0, 0.1) is 11.3 Å². The maximum absolute atomic E-state index is 12.7. The number of aromatic amines is 1.